The van der Waals surface area contributed by atoms with Gasteiger partial charge in [0.2, 0.25) is 0 Å². The molecule has 0 aliphatic heterocycles. The van der Waals surface area contributed by atoms with Gasteiger partial charge in [-0.15, -0.1) is 0 Å². The third-order valence-electron chi connectivity index (χ3n) is 9.05. The van der Waals surface area contributed by atoms with E-state index in [-0.39, 0.29) is 16.2 Å². The maximum atomic E-state index is 2.59. The molecule has 0 heterocycles. The molecule has 0 heteroatoms. The van der Waals surface area contributed by atoms with Crippen LogP contribution in [0.25, 0.3) is 11.1 Å². The Hall–Kier alpha value is -1.56. The van der Waals surface area contributed by atoms with Crippen LogP contribution >= 0.6 is 0 Å². The lowest BCUT2D eigenvalue weighted by atomic mass is 9.64. The second-order valence-corrected chi connectivity index (χ2v) is 13.9. The average molecular weight is 445 g/mol. The van der Waals surface area contributed by atoms with Crippen molar-refractivity contribution in [1.82, 2.24) is 0 Å². The van der Waals surface area contributed by atoms with E-state index < -0.39 is 0 Å². The van der Waals surface area contributed by atoms with Crippen LogP contribution in [0.4, 0.5) is 0 Å². The van der Waals surface area contributed by atoms with E-state index >= 15 is 0 Å². The number of hydrogen-bond acceptors (Lipinski definition) is 0. The number of fused-ring (bicyclic) bond motifs is 3. The second-order valence-electron chi connectivity index (χ2n) is 13.9. The van der Waals surface area contributed by atoms with Crippen molar-refractivity contribution in [2.75, 3.05) is 0 Å². The molecule has 0 nitrogen and oxygen atoms in total. The molecule has 0 spiro atoms. The minimum absolute atomic E-state index is 0.174. The van der Waals surface area contributed by atoms with Gasteiger partial charge in [0.15, 0.2) is 0 Å². The third kappa shape index (κ3) is 4.56. The van der Waals surface area contributed by atoms with Gasteiger partial charge in [-0.05, 0) is 74.3 Å². The SMILES string of the molecule is CCCCC1CCC(C(C)(C)C2c3cc(C(C)(C)C)ccc3-c3ccc(C(C)(C)C)cc32)C1. The molecule has 1 fully saturated rings. The highest BCUT2D eigenvalue weighted by atomic mass is 14.5. The molecule has 33 heavy (non-hydrogen) atoms. The molecule has 0 N–H and O–H groups in total. The van der Waals surface area contributed by atoms with Crippen LogP contribution in [0.2, 0.25) is 0 Å². The van der Waals surface area contributed by atoms with Crippen LogP contribution in [0.15, 0.2) is 36.4 Å². The average Bonchev–Trinajstić information content (AvgIpc) is 3.33. The van der Waals surface area contributed by atoms with Crippen molar-refractivity contribution < 1.29 is 0 Å². The summed E-state index contributed by atoms with van der Waals surface area (Å²) in [5.41, 5.74) is 9.69. The molecule has 2 aromatic carbocycles. The summed E-state index contributed by atoms with van der Waals surface area (Å²) in [4.78, 5) is 0. The maximum absolute atomic E-state index is 2.59. The van der Waals surface area contributed by atoms with Gasteiger partial charge in [0.1, 0.15) is 0 Å². The smallest absolute Gasteiger partial charge is 0.0156 e. The fourth-order valence-electron chi connectivity index (χ4n) is 6.74. The lowest BCUT2D eigenvalue weighted by Gasteiger charge is -2.40. The molecule has 2 unspecified atom stereocenters. The van der Waals surface area contributed by atoms with Crippen LogP contribution < -0.4 is 0 Å². The van der Waals surface area contributed by atoms with E-state index in [1.165, 1.54) is 60.8 Å². The molecule has 0 amide bonds. The summed E-state index contributed by atoms with van der Waals surface area (Å²) in [6.45, 7) is 21.6. The van der Waals surface area contributed by atoms with Crippen molar-refractivity contribution in [3.05, 3.63) is 58.7 Å². The predicted molar refractivity (Wildman–Crippen MR) is 145 cm³/mol. The quantitative estimate of drug-likeness (QED) is 0.430. The number of benzene rings is 2. The molecule has 2 atom stereocenters. The zero-order valence-corrected chi connectivity index (χ0v) is 22.9. The Bertz CT molecular complexity index is 928. The van der Waals surface area contributed by atoms with Gasteiger partial charge in [-0.2, -0.15) is 0 Å². The summed E-state index contributed by atoms with van der Waals surface area (Å²) < 4.78 is 0. The molecule has 2 aliphatic rings. The van der Waals surface area contributed by atoms with E-state index in [0.717, 1.165) is 11.8 Å². The van der Waals surface area contributed by atoms with Crippen LogP contribution in [0.3, 0.4) is 0 Å². The van der Waals surface area contributed by atoms with Crippen LogP contribution in [-0.4, -0.2) is 0 Å². The van der Waals surface area contributed by atoms with Gasteiger partial charge >= 0.3 is 0 Å². The highest BCUT2D eigenvalue weighted by Crippen LogP contribution is 2.59. The van der Waals surface area contributed by atoms with Gasteiger partial charge in [-0.25, -0.2) is 0 Å². The first-order chi connectivity index (χ1) is 15.3. The molecule has 0 bridgehead atoms. The first kappa shape index (κ1) is 24.6. The molecule has 0 aromatic heterocycles. The zero-order valence-electron chi connectivity index (χ0n) is 22.9. The number of rotatable bonds is 5. The van der Waals surface area contributed by atoms with Gasteiger partial charge in [0, 0.05) is 5.92 Å². The number of unbranched alkanes of at least 4 members (excludes halogenated alkanes) is 1. The Balaban J connectivity index is 1.81. The van der Waals surface area contributed by atoms with Crippen LogP contribution in [-0.2, 0) is 10.8 Å². The normalized spacial score (nSPS) is 21.4. The van der Waals surface area contributed by atoms with E-state index in [4.69, 9.17) is 0 Å². The van der Waals surface area contributed by atoms with Crippen molar-refractivity contribution in [3.8, 4) is 11.1 Å². The Labute approximate surface area is 204 Å². The van der Waals surface area contributed by atoms with E-state index in [1.54, 1.807) is 11.1 Å². The Morgan fingerprint density at radius 1 is 0.727 bits per heavy atom. The van der Waals surface area contributed by atoms with E-state index in [9.17, 15) is 0 Å². The summed E-state index contributed by atoms with van der Waals surface area (Å²) in [7, 11) is 0. The Morgan fingerprint density at radius 3 is 1.70 bits per heavy atom. The van der Waals surface area contributed by atoms with Crippen LogP contribution in [0.5, 0.6) is 0 Å². The summed E-state index contributed by atoms with van der Waals surface area (Å²) in [6.07, 6.45) is 8.43. The highest BCUT2D eigenvalue weighted by molar-refractivity contribution is 5.80. The Morgan fingerprint density at radius 2 is 1.24 bits per heavy atom. The molecule has 1 saturated carbocycles. The minimum Gasteiger partial charge on any atom is -0.0654 e. The minimum atomic E-state index is 0.174. The van der Waals surface area contributed by atoms with Gasteiger partial charge in [-0.1, -0.05) is 124 Å². The molecule has 0 radical (unpaired) electrons. The summed E-state index contributed by atoms with van der Waals surface area (Å²) >= 11 is 0. The first-order valence-electron chi connectivity index (χ1n) is 13.6. The monoisotopic (exact) mass is 444 g/mol. The zero-order chi connectivity index (χ0) is 24.2. The van der Waals surface area contributed by atoms with Gasteiger partial charge in [0.25, 0.3) is 0 Å². The molecule has 4 rings (SSSR count). The van der Waals surface area contributed by atoms with Crippen LogP contribution in [0, 0.1) is 17.3 Å². The van der Waals surface area contributed by atoms with E-state index in [1.807, 2.05) is 0 Å². The van der Waals surface area contributed by atoms with Gasteiger partial charge in [0.05, 0.1) is 0 Å². The molecule has 0 saturated heterocycles. The predicted octanol–water partition coefficient (Wildman–Crippen LogP) is 10.0. The van der Waals surface area contributed by atoms with Crippen molar-refractivity contribution >= 4 is 0 Å². The Kier molecular flexibility index (Phi) is 6.39. The van der Waals surface area contributed by atoms with Crippen molar-refractivity contribution in [2.45, 2.75) is 118 Å². The fourth-order valence-corrected chi connectivity index (χ4v) is 6.74. The first-order valence-corrected chi connectivity index (χ1v) is 13.6. The molecule has 180 valence electrons. The third-order valence-corrected chi connectivity index (χ3v) is 9.05. The maximum Gasteiger partial charge on any atom is 0.0156 e. The van der Waals surface area contributed by atoms with E-state index in [2.05, 4.69) is 98.7 Å². The lowest BCUT2D eigenvalue weighted by molar-refractivity contribution is 0.183. The van der Waals surface area contributed by atoms with Crippen molar-refractivity contribution in [3.63, 3.8) is 0 Å². The summed E-state index contributed by atoms with van der Waals surface area (Å²) in [6, 6.07) is 14.8. The fraction of sp³-hybridized carbons (Fsp3) is 0.636. The summed E-state index contributed by atoms with van der Waals surface area (Å²) in [5, 5.41) is 0. The van der Waals surface area contributed by atoms with Crippen molar-refractivity contribution in [2.24, 2.45) is 17.3 Å². The standard InChI is InChI=1S/C33H48/c1-10-11-12-22-13-14-25(19-22)33(8,9)30-28-20-23(31(2,3)4)15-17-26(28)27-18-16-24(21-29(27)30)32(5,6)7/h15-18,20-22,25,30H,10-14,19H2,1-9H3. The van der Waals surface area contributed by atoms with Gasteiger partial charge < -0.3 is 0 Å². The van der Waals surface area contributed by atoms with Gasteiger partial charge in [-0.3, -0.25) is 0 Å². The molecule has 2 aliphatic carbocycles. The van der Waals surface area contributed by atoms with E-state index in [0.29, 0.717) is 5.92 Å². The topological polar surface area (TPSA) is 0 Å². The second kappa shape index (κ2) is 8.58. The molecular formula is C33H48. The number of hydrogen-bond donors (Lipinski definition) is 0. The lowest BCUT2D eigenvalue weighted by Crippen LogP contribution is -2.30. The highest BCUT2D eigenvalue weighted by Gasteiger charge is 2.46. The summed E-state index contributed by atoms with van der Waals surface area (Å²) in [5.74, 6) is 2.23. The van der Waals surface area contributed by atoms with Crippen LogP contribution in [0.1, 0.15) is 129 Å². The largest absolute Gasteiger partial charge is 0.0654 e. The van der Waals surface area contributed by atoms with Crippen molar-refractivity contribution in [1.29, 1.82) is 0 Å². The molecule has 2 aromatic rings. The molecular weight excluding hydrogens is 396 g/mol.